The summed E-state index contributed by atoms with van der Waals surface area (Å²) in [5, 5.41) is 45.4. The maximum atomic E-state index is 13.3. The number of carbonyl (C=O) groups is 1. The molecule has 1 heterocycles. The zero-order chi connectivity index (χ0) is 65.3. The van der Waals surface area contributed by atoms with Gasteiger partial charge >= 0.3 is 10.4 Å². The van der Waals surface area contributed by atoms with Crippen molar-refractivity contribution in [2.24, 2.45) is 0 Å². The van der Waals surface area contributed by atoms with Crippen LogP contribution in [0.25, 0.3) is 0 Å². The van der Waals surface area contributed by atoms with Gasteiger partial charge in [0.05, 0.1) is 25.4 Å². The Morgan fingerprint density at radius 3 is 1.00 bits per heavy atom. The van der Waals surface area contributed by atoms with Crippen LogP contribution in [0.1, 0.15) is 418 Å². The number of hydrogen-bond donors (Lipinski definition) is 6. The summed E-state index contributed by atoms with van der Waals surface area (Å²) in [5.41, 5.74) is 0. The minimum absolute atomic E-state index is 0.220. The lowest BCUT2D eigenvalue weighted by Gasteiger charge is -2.41. The first-order chi connectivity index (χ1) is 44.0. The Kier molecular flexibility index (Phi) is 64.1. The molecule has 0 bridgehead atoms. The maximum absolute atomic E-state index is 13.3. The fourth-order valence-electron chi connectivity index (χ4n) is 13.3. The molecule has 90 heavy (non-hydrogen) atoms. The highest BCUT2D eigenvalue weighted by Gasteiger charge is 2.48. The molecule has 13 heteroatoms. The predicted octanol–water partition coefficient (Wildman–Crippen LogP) is 21.6. The fourth-order valence-corrected chi connectivity index (χ4v) is 13.8. The third kappa shape index (κ3) is 57.1. The topological polar surface area (TPSA) is 192 Å². The molecule has 12 nitrogen and oxygen atoms in total. The van der Waals surface area contributed by atoms with E-state index in [0.29, 0.717) is 12.8 Å². The molecule has 0 saturated carbocycles. The van der Waals surface area contributed by atoms with Gasteiger partial charge < -0.3 is 35.2 Å². The van der Waals surface area contributed by atoms with Crippen LogP contribution in [0.5, 0.6) is 0 Å². The summed E-state index contributed by atoms with van der Waals surface area (Å²) in [6.07, 6.45) is 77.1. The van der Waals surface area contributed by atoms with Crippen LogP contribution in [-0.2, 0) is 28.9 Å². The monoisotopic (exact) mass is 1300 g/mol. The molecule has 0 aromatic rings. The van der Waals surface area contributed by atoms with Crippen molar-refractivity contribution in [3.05, 3.63) is 12.2 Å². The van der Waals surface area contributed by atoms with Crippen molar-refractivity contribution in [1.29, 1.82) is 0 Å². The van der Waals surface area contributed by atoms with Crippen LogP contribution in [-0.4, -0.2) is 95.4 Å². The van der Waals surface area contributed by atoms with Gasteiger partial charge in [0, 0.05) is 6.42 Å². The highest BCUT2D eigenvalue weighted by Crippen LogP contribution is 2.27. The third-order valence-corrected chi connectivity index (χ3v) is 19.8. The molecule has 0 radical (unpaired) electrons. The van der Waals surface area contributed by atoms with Crippen LogP contribution in [0.2, 0.25) is 0 Å². The normalized spacial score (nSPS) is 17.9. The van der Waals surface area contributed by atoms with E-state index in [1.54, 1.807) is 0 Å². The second-order valence-electron chi connectivity index (χ2n) is 28.0. The zero-order valence-corrected chi connectivity index (χ0v) is 60.1. The molecule has 1 aliphatic heterocycles. The third-order valence-electron chi connectivity index (χ3n) is 19.3. The van der Waals surface area contributed by atoms with Gasteiger partial charge in [-0.25, -0.2) is 4.18 Å². The van der Waals surface area contributed by atoms with Crippen LogP contribution in [0.3, 0.4) is 0 Å². The molecule has 6 N–H and O–H groups in total. The van der Waals surface area contributed by atoms with E-state index in [-0.39, 0.29) is 12.5 Å². The van der Waals surface area contributed by atoms with Gasteiger partial charge in [0.15, 0.2) is 6.29 Å². The Morgan fingerprint density at radius 2 is 0.711 bits per heavy atom. The van der Waals surface area contributed by atoms with Gasteiger partial charge in [-0.2, -0.15) is 8.42 Å². The molecule has 0 aromatic carbocycles. The van der Waals surface area contributed by atoms with Crippen LogP contribution in [0.4, 0.5) is 0 Å². The lowest BCUT2D eigenvalue weighted by atomic mass is 9.99. The predicted molar refractivity (Wildman–Crippen MR) is 379 cm³/mol. The largest absolute Gasteiger partial charge is 0.397 e. The number of hydrogen-bond acceptors (Lipinski definition) is 10. The summed E-state index contributed by atoms with van der Waals surface area (Å²) in [7, 11) is -5.09. The average Bonchev–Trinajstić information content (AvgIpc) is 1.40. The molecule has 0 spiro atoms. The van der Waals surface area contributed by atoms with Crippen LogP contribution >= 0.6 is 0 Å². The molecular weight excluding hydrogens is 1150 g/mol. The fraction of sp³-hybridized carbons (Fsp3) is 0.961. The van der Waals surface area contributed by atoms with Gasteiger partial charge in [0.2, 0.25) is 5.91 Å². The molecule has 1 rings (SSSR count). The van der Waals surface area contributed by atoms with E-state index in [1.807, 2.05) is 0 Å². The van der Waals surface area contributed by atoms with Crippen molar-refractivity contribution < 1.29 is 51.8 Å². The van der Waals surface area contributed by atoms with E-state index in [9.17, 15) is 38.2 Å². The van der Waals surface area contributed by atoms with E-state index in [0.717, 1.165) is 51.4 Å². The van der Waals surface area contributed by atoms with E-state index < -0.39 is 59.9 Å². The maximum Gasteiger partial charge on any atom is 0.397 e. The average molecular weight is 1300 g/mol. The summed E-state index contributed by atoms with van der Waals surface area (Å²) in [5.74, 6) is -0.220. The first-order valence-electron chi connectivity index (χ1n) is 39.6. The minimum Gasteiger partial charge on any atom is -0.394 e. The number of aliphatic hydroxyl groups excluding tert-OH is 4. The highest BCUT2D eigenvalue weighted by molar-refractivity contribution is 7.80. The van der Waals surface area contributed by atoms with Crippen molar-refractivity contribution >= 4 is 16.3 Å². The second-order valence-corrected chi connectivity index (χ2v) is 29.1. The van der Waals surface area contributed by atoms with Crippen LogP contribution < -0.4 is 5.32 Å². The number of amides is 1. The van der Waals surface area contributed by atoms with Gasteiger partial charge in [-0.05, 0) is 38.5 Å². The lowest BCUT2D eigenvalue weighted by molar-refractivity contribution is -0.298. The molecule has 0 aromatic heterocycles. The lowest BCUT2D eigenvalue weighted by Crippen LogP contribution is -2.61. The Labute approximate surface area is 557 Å². The van der Waals surface area contributed by atoms with Gasteiger partial charge in [-0.15, -0.1) is 0 Å². The number of ether oxygens (including phenoxy) is 2. The van der Waals surface area contributed by atoms with E-state index in [1.165, 1.54) is 340 Å². The smallest absolute Gasteiger partial charge is 0.394 e. The summed E-state index contributed by atoms with van der Waals surface area (Å²) in [6.45, 7) is 3.54. The molecule has 7 unspecified atom stereocenters. The van der Waals surface area contributed by atoms with E-state index >= 15 is 0 Å². The minimum atomic E-state index is -5.09. The molecule has 1 fully saturated rings. The van der Waals surface area contributed by atoms with E-state index in [2.05, 4.69) is 35.5 Å². The van der Waals surface area contributed by atoms with Gasteiger partial charge in [0.25, 0.3) is 0 Å². The number of unbranched alkanes of at least 4 members (excludes halogenated alkanes) is 58. The molecule has 0 aliphatic carbocycles. The Morgan fingerprint density at radius 1 is 0.433 bits per heavy atom. The number of nitrogens with one attached hydrogen (secondary N) is 1. The molecule has 1 saturated heterocycles. The Bertz CT molecular complexity index is 1620. The van der Waals surface area contributed by atoms with Crippen molar-refractivity contribution in [1.82, 2.24) is 5.32 Å². The van der Waals surface area contributed by atoms with E-state index in [4.69, 9.17) is 9.47 Å². The summed E-state index contributed by atoms with van der Waals surface area (Å²) in [4.78, 5) is 13.3. The number of aliphatic hydroxyl groups is 4. The number of rotatable bonds is 72. The van der Waals surface area contributed by atoms with Gasteiger partial charge in [0.1, 0.15) is 24.4 Å². The standard InChI is InChI=1S/C77H151NO11S/c1-3-5-7-9-11-13-15-17-19-21-23-25-27-29-30-31-32-33-34-35-36-37-38-39-40-41-42-43-45-47-49-51-53-55-57-59-61-63-65-67-73(81)78-70(69-87-77-75(83)76(89-90(84,85)86)74(82)72(68-79)88-77)71(80)66-64-62-60-58-56-54-52-50-48-46-44-28-26-24-22-20-18-16-14-12-10-8-6-4-2/h35-36,70-72,74-77,79-80,82-83H,3-34,37-69H2,1-2H3,(H,78,81)(H,84,85,86)/b36-35-. The van der Waals surface area contributed by atoms with Crippen molar-refractivity contribution in [2.45, 2.75) is 461 Å². The van der Waals surface area contributed by atoms with Crippen molar-refractivity contribution in [2.75, 3.05) is 13.2 Å². The summed E-state index contributed by atoms with van der Waals surface area (Å²) >= 11 is 0. The van der Waals surface area contributed by atoms with Crippen molar-refractivity contribution in [3.8, 4) is 0 Å². The first-order valence-corrected chi connectivity index (χ1v) is 40.9. The molecule has 7 atom stereocenters. The van der Waals surface area contributed by atoms with Gasteiger partial charge in [-0.3, -0.25) is 9.35 Å². The quantitative estimate of drug-likeness (QED) is 0.0193. The molecular formula is C77H151NO11S. The second kappa shape index (κ2) is 66.5. The molecule has 1 aliphatic rings. The van der Waals surface area contributed by atoms with Gasteiger partial charge in [-0.1, -0.05) is 386 Å². The van der Waals surface area contributed by atoms with Crippen LogP contribution in [0, 0.1) is 0 Å². The first kappa shape index (κ1) is 86.9. The molecule has 1 amide bonds. The number of allylic oxidation sites excluding steroid dienone is 2. The highest BCUT2D eigenvalue weighted by atomic mass is 32.3. The Balaban J connectivity index is 2.14. The van der Waals surface area contributed by atoms with Crippen LogP contribution in [0.15, 0.2) is 12.2 Å². The van der Waals surface area contributed by atoms with Crippen molar-refractivity contribution in [3.63, 3.8) is 0 Å². The SMILES string of the molecule is CCCCCCCCCCCCCCCCCCCC/C=C\CCCCCCCCCCCCCCCCCCCC(=O)NC(COC1OC(CO)C(O)C(OS(=O)(=O)O)C1O)C(O)CCCCCCCCCCCCCCCCCCCCCCCCCC. The molecule has 536 valence electrons. The number of carbonyl (C=O) groups excluding carboxylic acids is 1. The zero-order valence-electron chi connectivity index (χ0n) is 59.3. The Hall–Kier alpha value is -1.16. The summed E-state index contributed by atoms with van der Waals surface area (Å²) < 4.78 is 48.2. The summed E-state index contributed by atoms with van der Waals surface area (Å²) in [6, 6.07) is -0.857.